The summed E-state index contributed by atoms with van der Waals surface area (Å²) in [5, 5.41) is 0. The average molecular weight is 307 g/mol. The van der Waals surface area contributed by atoms with E-state index in [0.717, 1.165) is 4.90 Å². The van der Waals surface area contributed by atoms with Crippen LogP contribution >= 0.6 is 0 Å². The van der Waals surface area contributed by atoms with E-state index < -0.39 is 35.2 Å². The molecule has 0 saturated carbocycles. The third kappa shape index (κ3) is 3.50. The highest BCUT2D eigenvalue weighted by molar-refractivity contribution is 6.13. The van der Waals surface area contributed by atoms with E-state index in [0.29, 0.717) is 0 Å². The Labute approximate surface area is 128 Å². The highest BCUT2D eigenvalue weighted by Crippen LogP contribution is 2.23. The Hall–Kier alpha value is -2.24. The van der Waals surface area contributed by atoms with Crippen LogP contribution in [-0.4, -0.2) is 34.3 Å². The van der Waals surface area contributed by atoms with E-state index in [-0.39, 0.29) is 18.4 Å². The van der Waals surface area contributed by atoms with Crippen LogP contribution in [0.25, 0.3) is 0 Å². The quantitative estimate of drug-likeness (QED) is 0.787. The van der Waals surface area contributed by atoms with Crippen LogP contribution in [0.2, 0.25) is 0 Å². The Morgan fingerprint density at radius 3 is 2.55 bits per heavy atom. The first-order chi connectivity index (χ1) is 10.2. The Morgan fingerprint density at radius 1 is 1.32 bits per heavy atom. The highest BCUT2D eigenvalue weighted by Gasteiger charge is 2.44. The van der Waals surface area contributed by atoms with Gasteiger partial charge < -0.3 is 4.74 Å². The lowest BCUT2D eigenvalue weighted by atomic mass is 10.0. The maximum Gasteiger partial charge on any atom is 0.417 e. The predicted octanol–water partition coefficient (Wildman–Crippen LogP) is 2.47. The van der Waals surface area contributed by atoms with Gasteiger partial charge in [-0.05, 0) is 32.4 Å². The molecule has 1 aliphatic rings. The van der Waals surface area contributed by atoms with Gasteiger partial charge in [0.1, 0.15) is 17.5 Å². The number of carbonyl (C=O) groups excluding carboxylic acids is 3. The second-order valence-electron chi connectivity index (χ2n) is 6.20. The molecule has 1 saturated heterocycles. The summed E-state index contributed by atoms with van der Waals surface area (Å²) in [5.41, 5.74) is -0.505. The molecule has 6 heteroatoms. The van der Waals surface area contributed by atoms with Crippen LogP contribution in [0.4, 0.5) is 9.18 Å². The molecule has 5 nitrogen and oxygen atoms in total. The van der Waals surface area contributed by atoms with Gasteiger partial charge in [0.15, 0.2) is 5.78 Å². The molecule has 2 rings (SSSR count). The first-order valence-corrected chi connectivity index (χ1v) is 7.00. The summed E-state index contributed by atoms with van der Waals surface area (Å²) in [6.45, 7) is 5.00. The number of nitrogens with zero attached hydrogens (tertiary/aromatic N) is 1. The van der Waals surface area contributed by atoms with E-state index in [1.54, 1.807) is 26.8 Å². The lowest BCUT2D eigenvalue weighted by Crippen LogP contribution is -2.44. The molecule has 1 aromatic carbocycles. The van der Waals surface area contributed by atoms with Crippen molar-refractivity contribution >= 4 is 17.8 Å². The third-order valence-corrected chi connectivity index (χ3v) is 3.24. The molecule has 1 aliphatic heterocycles. The molecule has 0 radical (unpaired) electrons. The molecule has 0 aromatic heterocycles. The smallest absolute Gasteiger partial charge is 0.417 e. The van der Waals surface area contributed by atoms with E-state index >= 15 is 0 Å². The number of hydrogen-bond donors (Lipinski definition) is 0. The molecule has 118 valence electrons. The number of amides is 2. The fourth-order valence-electron chi connectivity index (χ4n) is 2.29. The van der Waals surface area contributed by atoms with Gasteiger partial charge in [0.05, 0.1) is 6.42 Å². The number of ether oxygens (including phenoxy) is 1. The molecule has 0 aliphatic carbocycles. The van der Waals surface area contributed by atoms with Crippen molar-refractivity contribution in [3.63, 3.8) is 0 Å². The highest BCUT2D eigenvalue weighted by atomic mass is 19.1. The van der Waals surface area contributed by atoms with Gasteiger partial charge in [-0.3, -0.25) is 9.59 Å². The zero-order valence-corrected chi connectivity index (χ0v) is 12.8. The number of benzene rings is 1. The molecule has 0 bridgehead atoms. The van der Waals surface area contributed by atoms with E-state index in [4.69, 9.17) is 4.74 Å². The topological polar surface area (TPSA) is 63.7 Å². The number of halogens is 1. The zero-order valence-electron chi connectivity index (χ0n) is 12.8. The first kappa shape index (κ1) is 16.1. The molecule has 22 heavy (non-hydrogen) atoms. The maximum atomic E-state index is 13.7. The van der Waals surface area contributed by atoms with Crippen molar-refractivity contribution in [3.8, 4) is 0 Å². The Balaban J connectivity index is 2.24. The maximum absolute atomic E-state index is 13.7. The second kappa shape index (κ2) is 5.87. The SMILES string of the molecule is CC(C)(C)OC(=O)N1C(=O)CC(=O)C1Cc1ccccc1F. The van der Waals surface area contributed by atoms with Gasteiger partial charge in [-0.1, -0.05) is 18.2 Å². The monoisotopic (exact) mass is 307 g/mol. The number of carbonyl (C=O) groups is 3. The van der Waals surface area contributed by atoms with Crippen molar-refractivity contribution in [2.45, 2.75) is 45.3 Å². The van der Waals surface area contributed by atoms with Crippen LogP contribution in [0.5, 0.6) is 0 Å². The molecule has 0 N–H and O–H groups in total. The normalized spacial score (nSPS) is 18.7. The summed E-state index contributed by atoms with van der Waals surface area (Å²) >= 11 is 0. The van der Waals surface area contributed by atoms with Crippen LogP contribution < -0.4 is 0 Å². The van der Waals surface area contributed by atoms with Crippen LogP contribution in [-0.2, 0) is 20.7 Å². The van der Waals surface area contributed by atoms with Gasteiger partial charge in [-0.2, -0.15) is 0 Å². The van der Waals surface area contributed by atoms with Gasteiger partial charge in [-0.15, -0.1) is 0 Å². The van der Waals surface area contributed by atoms with Gasteiger partial charge in [0.25, 0.3) is 0 Å². The van der Waals surface area contributed by atoms with Gasteiger partial charge in [0, 0.05) is 6.42 Å². The number of ketones is 1. The average Bonchev–Trinajstić information content (AvgIpc) is 2.65. The third-order valence-electron chi connectivity index (χ3n) is 3.24. The summed E-state index contributed by atoms with van der Waals surface area (Å²) in [6, 6.07) is 4.95. The number of Topliss-reactive ketones (excluding diaryl/α,β-unsaturated/α-hetero) is 1. The summed E-state index contributed by atoms with van der Waals surface area (Å²) in [4.78, 5) is 36.8. The Bertz CT molecular complexity index is 621. The molecular formula is C16H18FNO4. The van der Waals surface area contributed by atoms with Crippen LogP contribution in [0.3, 0.4) is 0 Å². The minimum absolute atomic E-state index is 0.0451. The van der Waals surface area contributed by atoms with E-state index in [2.05, 4.69) is 0 Å². The Kier molecular flexibility index (Phi) is 4.30. The molecule has 1 aromatic rings. The molecule has 1 heterocycles. The minimum Gasteiger partial charge on any atom is -0.443 e. The number of likely N-dealkylation sites (tertiary alicyclic amines) is 1. The second-order valence-corrected chi connectivity index (χ2v) is 6.20. The Morgan fingerprint density at radius 2 is 1.95 bits per heavy atom. The number of hydrogen-bond acceptors (Lipinski definition) is 4. The summed E-state index contributed by atoms with van der Waals surface area (Å²) in [5.74, 6) is -1.49. The number of rotatable bonds is 2. The van der Waals surface area contributed by atoms with E-state index in [1.165, 1.54) is 18.2 Å². The summed E-state index contributed by atoms with van der Waals surface area (Å²) < 4.78 is 18.9. The summed E-state index contributed by atoms with van der Waals surface area (Å²) in [6.07, 6.45) is -1.28. The van der Waals surface area contributed by atoms with Crippen molar-refractivity contribution in [3.05, 3.63) is 35.6 Å². The first-order valence-electron chi connectivity index (χ1n) is 7.00. The standard InChI is InChI=1S/C16H18FNO4/c1-16(2,3)22-15(21)18-12(13(19)9-14(18)20)8-10-6-4-5-7-11(10)17/h4-7,12H,8-9H2,1-3H3. The van der Waals surface area contributed by atoms with Crippen LogP contribution in [0.1, 0.15) is 32.8 Å². The van der Waals surface area contributed by atoms with Crippen molar-refractivity contribution < 1.29 is 23.5 Å². The van der Waals surface area contributed by atoms with Gasteiger partial charge in [-0.25, -0.2) is 14.1 Å². The molecule has 2 amide bonds. The zero-order chi connectivity index (χ0) is 16.5. The van der Waals surface area contributed by atoms with E-state index in [1.807, 2.05) is 0 Å². The molecule has 1 atom stereocenters. The lowest BCUT2D eigenvalue weighted by molar-refractivity contribution is -0.128. The van der Waals surface area contributed by atoms with E-state index in [9.17, 15) is 18.8 Å². The lowest BCUT2D eigenvalue weighted by Gasteiger charge is -2.26. The molecule has 1 fully saturated rings. The number of imide groups is 1. The van der Waals surface area contributed by atoms with Gasteiger partial charge >= 0.3 is 6.09 Å². The molecule has 0 spiro atoms. The minimum atomic E-state index is -1.01. The van der Waals surface area contributed by atoms with Gasteiger partial charge in [0.2, 0.25) is 5.91 Å². The van der Waals surface area contributed by atoms with Crippen molar-refractivity contribution in [1.82, 2.24) is 4.90 Å². The largest absolute Gasteiger partial charge is 0.443 e. The van der Waals surface area contributed by atoms with Crippen LogP contribution in [0, 0.1) is 5.82 Å². The van der Waals surface area contributed by atoms with Crippen molar-refractivity contribution in [2.24, 2.45) is 0 Å². The molecule has 1 unspecified atom stereocenters. The fourth-order valence-corrected chi connectivity index (χ4v) is 2.29. The molecular weight excluding hydrogens is 289 g/mol. The van der Waals surface area contributed by atoms with Crippen LogP contribution in [0.15, 0.2) is 24.3 Å². The van der Waals surface area contributed by atoms with Crippen molar-refractivity contribution in [2.75, 3.05) is 0 Å². The fraction of sp³-hybridized carbons (Fsp3) is 0.438. The van der Waals surface area contributed by atoms with Crippen molar-refractivity contribution in [1.29, 1.82) is 0 Å². The predicted molar refractivity (Wildman–Crippen MR) is 76.6 cm³/mol. The summed E-state index contributed by atoms with van der Waals surface area (Å²) in [7, 11) is 0.